The van der Waals surface area contributed by atoms with Crippen LogP contribution in [0.2, 0.25) is 0 Å². The lowest BCUT2D eigenvalue weighted by Gasteiger charge is -2.28. The molecule has 3 rings (SSSR count). The lowest BCUT2D eigenvalue weighted by atomic mass is 9.94. The van der Waals surface area contributed by atoms with Gasteiger partial charge in [0.15, 0.2) is 0 Å². The van der Waals surface area contributed by atoms with Crippen molar-refractivity contribution in [3.05, 3.63) is 53.1 Å². The molecule has 2 aromatic carbocycles. The van der Waals surface area contributed by atoms with Gasteiger partial charge in [-0.2, -0.15) is 4.31 Å². The van der Waals surface area contributed by atoms with E-state index in [1.165, 1.54) is 4.31 Å². The number of sulfonamides is 1. The molecular weight excluding hydrogens is 492 g/mol. The third-order valence-electron chi connectivity index (χ3n) is 6.35. The number of amides is 1. The van der Waals surface area contributed by atoms with Crippen molar-refractivity contribution in [2.45, 2.75) is 70.9 Å². The number of nitrogens with zero attached hydrogens (tertiary/aromatic N) is 1. The number of ether oxygens (including phenoxy) is 3. The quantitative estimate of drug-likeness (QED) is 0.480. The van der Waals surface area contributed by atoms with Gasteiger partial charge < -0.3 is 19.5 Å². The van der Waals surface area contributed by atoms with Gasteiger partial charge in [0.1, 0.15) is 18.1 Å². The Balaban J connectivity index is 0.00000235. The normalized spacial score (nSPS) is 16.1. The van der Waals surface area contributed by atoms with Crippen LogP contribution in [0.25, 0.3) is 0 Å². The van der Waals surface area contributed by atoms with Crippen LogP contribution in [-0.2, 0) is 25.1 Å². The minimum Gasteiger partial charge on any atom is -0.497 e. The first-order chi connectivity index (χ1) is 17.5. The molecule has 0 unspecified atom stereocenters. The first-order valence-electron chi connectivity index (χ1n) is 12.7. The third-order valence-corrected chi connectivity index (χ3v) is 8.60. The number of methoxy groups -OCH3 is 2. The van der Waals surface area contributed by atoms with Crippen LogP contribution < -0.4 is 14.8 Å². The van der Waals surface area contributed by atoms with E-state index in [0.717, 1.165) is 12.0 Å². The van der Waals surface area contributed by atoms with Crippen molar-refractivity contribution in [1.82, 2.24) is 9.62 Å². The van der Waals surface area contributed by atoms with E-state index in [1.54, 1.807) is 40.2 Å². The fraction of sp³-hybridized carbons (Fsp3) is 0.536. The molecule has 1 aliphatic heterocycles. The van der Waals surface area contributed by atoms with Gasteiger partial charge in [-0.15, -0.1) is 0 Å². The van der Waals surface area contributed by atoms with Gasteiger partial charge in [0.05, 0.1) is 31.3 Å². The fourth-order valence-electron chi connectivity index (χ4n) is 4.60. The lowest BCUT2D eigenvalue weighted by Crippen LogP contribution is -2.44. The van der Waals surface area contributed by atoms with Crippen LogP contribution in [0, 0.1) is 13.8 Å². The highest BCUT2D eigenvalue weighted by Gasteiger charge is 2.37. The maximum absolute atomic E-state index is 13.5. The van der Waals surface area contributed by atoms with Gasteiger partial charge in [0.25, 0.3) is 0 Å². The molecule has 1 atom stereocenters. The van der Waals surface area contributed by atoms with E-state index in [9.17, 15) is 13.2 Å². The van der Waals surface area contributed by atoms with Crippen molar-refractivity contribution >= 4 is 15.9 Å². The van der Waals surface area contributed by atoms with E-state index in [-0.39, 0.29) is 25.2 Å². The van der Waals surface area contributed by atoms with Gasteiger partial charge in [-0.1, -0.05) is 26.0 Å². The Morgan fingerprint density at radius 3 is 2.27 bits per heavy atom. The van der Waals surface area contributed by atoms with Crippen molar-refractivity contribution in [3.63, 3.8) is 0 Å². The summed E-state index contributed by atoms with van der Waals surface area (Å²) in [6, 6.07) is 10.7. The molecule has 8 nitrogen and oxygen atoms in total. The molecule has 0 aliphatic carbocycles. The summed E-state index contributed by atoms with van der Waals surface area (Å²) in [4.78, 5) is 12.9. The predicted molar refractivity (Wildman–Crippen MR) is 146 cm³/mol. The lowest BCUT2D eigenvalue weighted by molar-refractivity contribution is -0.127. The Morgan fingerprint density at radius 1 is 1.05 bits per heavy atom. The second-order valence-corrected chi connectivity index (χ2v) is 11.2. The van der Waals surface area contributed by atoms with Crippen LogP contribution in [0.3, 0.4) is 0 Å². The minimum atomic E-state index is -3.71. The van der Waals surface area contributed by atoms with Gasteiger partial charge >= 0.3 is 0 Å². The number of rotatable bonds is 10. The molecule has 2 aromatic rings. The number of carbonyl (C=O) groups is 1. The number of benzene rings is 2. The largest absolute Gasteiger partial charge is 0.497 e. The number of carbonyl (C=O) groups excluding carboxylic acids is 1. The van der Waals surface area contributed by atoms with Gasteiger partial charge in [0.2, 0.25) is 15.9 Å². The summed E-state index contributed by atoms with van der Waals surface area (Å²) < 4.78 is 44.8. The monoisotopic (exact) mass is 534 g/mol. The molecule has 1 saturated heterocycles. The number of hydrogen-bond acceptors (Lipinski definition) is 6. The Bertz CT molecular complexity index is 1140. The summed E-state index contributed by atoms with van der Waals surface area (Å²) in [5.74, 6) is 1.07. The van der Waals surface area contributed by atoms with Crippen LogP contribution in [0.4, 0.5) is 0 Å². The molecule has 1 heterocycles. The van der Waals surface area contributed by atoms with Crippen molar-refractivity contribution in [2.24, 2.45) is 0 Å². The van der Waals surface area contributed by atoms with Gasteiger partial charge in [-0.3, -0.25) is 4.79 Å². The zero-order valence-corrected chi connectivity index (χ0v) is 24.2. The van der Waals surface area contributed by atoms with E-state index < -0.39 is 15.6 Å². The number of hydrogen-bond donors (Lipinski definition) is 1. The SMILES string of the molecule is CC.COc1cccc(C(C)(C)NC(=O)COC[C@@H]2CCCN2S(=O)(=O)c2c(C)cc(OC)cc2C)c1. The van der Waals surface area contributed by atoms with E-state index in [2.05, 4.69) is 5.32 Å². The highest BCUT2D eigenvalue weighted by atomic mass is 32.2. The Hall–Kier alpha value is -2.62. The summed E-state index contributed by atoms with van der Waals surface area (Å²) in [6.45, 7) is 11.8. The molecule has 0 radical (unpaired) electrons. The Kier molecular flexibility index (Phi) is 11.0. The van der Waals surface area contributed by atoms with Crippen LogP contribution in [-0.4, -0.2) is 58.7 Å². The molecular formula is C28H42N2O6S. The standard InChI is InChI=1S/C26H36N2O6S.C2H6/c1-18-13-23(33-6)14-19(2)25(18)35(30,31)28-12-8-10-21(28)16-34-17-24(29)27-26(3,4)20-9-7-11-22(15-20)32-5;1-2/h7,9,11,13-15,21H,8,10,12,16-17H2,1-6H3,(H,27,29);1-2H3/t21-;/m0./s1. The highest BCUT2D eigenvalue weighted by molar-refractivity contribution is 7.89. The molecule has 37 heavy (non-hydrogen) atoms. The number of nitrogens with one attached hydrogen (secondary N) is 1. The summed E-state index contributed by atoms with van der Waals surface area (Å²) in [7, 11) is -0.552. The highest BCUT2D eigenvalue weighted by Crippen LogP contribution is 2.32. The third kappa shape index (κ3) is 7.46. The Morgan fingerprint density at radius 2 is 1.68 bits per heavy atom. The van der Waals surface area contributed by atoms with Gasteiger partial charge in [-0.05, 0) is 81.5 Å². The molecule has 0 saturated carbocycles. The first kappa shape index (κ1) is 30.6. The second kappa shape index (κ2) is 13.3. The van der Waals surface area contributed by atoms with E-state index in [4.69, 9.17) is 14.2 Å². The van der Waals surface area contributed by atoms with Gasteiger partial charge in [0, 0.05) is 12.6 Å². The Labute approximate surface area is 222 Å². The molecule has 0 bridgehead atoms. The van der Waals surface area contributed by atoms with Crippen LogP contribution in [0.5, 0.6) is 11.5 Å². The minimum absolute atomic E-state index is 0.153. The zero-order valence-electron chi connectivity index (χ0n) is 23.4. The maximum Gasteiger partial charge on any atom is 0.246 e. The topological polar surface area (TPSA) is 94.2 Å². The predicted octanol–water partition coefficient (Wildman–Crippen LogP) is 4.57. The van der Waals surface area contributed by atoms with Gasteiger partial charge in [-0.25, -0.2) is 8.42 Å². The first-order valence-corrected chi connectivity index (χ1v) is 14.1. The maximum atomic E-state index is 13.5. The fourth-order valence-corrected chi connectivity index (χ4v) is 6.70. The zero-order chi connectivity index (χ0) is 27.8. The van der Waals surface area contributed by atoms with Crippen LogP contribution in [0.15, 0.2) is 41.3 Å². The van der Waals surface area contributed by atoms with Crippen molar-refractivity contribution in [3.8, 4) is 11.5 Å². The van der Waals surface area contributed by atoms with E-state index in [0.29, 0.717) is 40.5 Å². The van der Waals surface area contributed by atoms with E-state index >= 15 is 0 Å². The summed E-state index contributed by atoms with van der Waals surface area (Å²) in [5.41, 5.74) is 1.57. The smallest absolute Gasteiger partial charge is 0.246 e. The van der Waals surface area contributed by atoms with E-state index in [1.807, 2.05) is 52.0 Å². The van der Waals surface area contributed by atoms with Crippen LogP contribution in [0.1, 0.15) is 57.2 Å². The average molecular weight is 535 g/mol. The second-order valence-electron chi connectivity index (χ2n) is 9.42. The average Bonchev–Trinajstić information content (AvgIpc) is 3.34. The van der Waals surface area contributed by atoms with Crippen molar-refractivity contribution < 1.29 is 27.4 Å². The molecule has 1 amide bonds. The number of aryl methyl sites for hydroxylation is 2. The van der Waals surface area contributed by atoms with Crippen LogP contribution >= 0.6 is 0 Å². The molecule has 1 aliphatic rings. The molecule has 9 heteroatoms. The molecule has 1 N–H and O–H groups in total. The summed E-state index contributed by atoms with van der Waals surface area (Å²) in [5, 5.41) is 2.98. The van der Waals surface area contributed by atoms with Crippen molar-refractivity contribution in [1.29, 1.82) is 0 Å². The molecule has 0 spiro atoms. The molecule has 1 fully saturated rings. The van der Waals surface area contributed by atoms with Crippen molar-refractivity contribution in [2.75, 3.05) is 34.0 Å². The molecule has 0 aromatic heterocycles. The summed E-state index contributed by atoms with van der Waals surface area (Å²) >= 11 is 0. The molecule has 206 valence electrons. The summed E-state index contributed by atoms with van der Waals surface area (Å²) in [6.07, 6.45) is 1.43.